The van der Waals surface area contributed by atoms with E-state index in [0.717, 1.165) is 16.7 Å². The number of amides is 1. The lowest BCUT2D eigenvalue weighted by Crippen LogP contribution is -2.37. The third kappa shape index (κ3) is 4.60. The van der Waals surface area contributed by atoms with Gasteiger partial charge in [-0.05, 0) is 48.9 Å². The number of para-hydroxylation sites is 1. The van der Waals surface area contributed by atoms with Gasteiger partial charge in [0, 0.05) is 17.8 Å². The Labute approximate surface area is 173 Å². The summed E-state index contributed by atoms with van der Waals surface area (Å²) < 4.78 is 16.2. The summed E-state index contributed by atoms with van der Waals surface area (Å²) in [5.74, 6) is 1.14. The smallest absolute Gasteiger partial charge is 0.344 e. The molecule has 6 heteroatoms. The van der Waals surface area contributed by atoms with Crippen LogP contribution >= 0.6 is 0 Å². The second-order valence-electron chi connectivity index (χ2n) is 7.05. The van der Waals surface area contributed by atoms with Crippen LogP contribution in [0.4, 0.5) is 0 Å². The molecule has 0 saturated carbocycles. The number of ether oxygens (including phenoxy) is 1. The minimum Gasteiger partial charge on any atom is -0.484 e. The van der Waals surface area contributed by atoms with Gasteiger partial charge in [-0.1, -0.05) is 30.3 Å². The summed E-state index contributed by atoms with van der Waals surface area (Å²) in [4.78, 5) is 24.4. The lowest BCUT2D eigenvalue weighted by Gasteiger charge is -2.13. The largest absolute Gasteiger partial charge is 0.484 e. The highest BCUT2D eigenvalue weighted by molar-refractivity contribution is 5.81. The van der Waals surface area contributed by atoms with Gasteiger partial charge in [-0.25, -0.2) is 4.79 Å². The zero-order valence-corrected chi connectivity index (χ0v) is 16.5. The fraction of sp³-hybridized carbons (Fsp3) is 0.167. The maximum absolute atomic E-state index is 12.3. The van der Waals surface area contributed by atoms with Crippen molar-refractivity contribution in [3.05, 3.63) is 89.2 Å². The first-order valence-corrected chi connectivity index (χ1v) is 9.66. The summed E-state index contributed by atoms with van der Waals surface area (Å²) in [6.07, 6.45) is 2.22. The predicted octanol–water partition coefficient (Wildman–Crippen LogP) is 4.18. The zero-order valence-electron chi connectivity index (χ0n) is 16.5. The summed E-state index contributed by atoms with van der Waals surface area (Å²) in [6.45, 7) is 1.81. The number of carbonyl (C=O) groups excluding carboxylic acids is 1. The number of furan rings is 1. The molecule has 0 radical (unpaired) electrons. The number of carbonyl (C=O) groups is 1. The van der Waals surface area contributed by atoms with Crippen molar-refractivity contribution in [2.24, 2.45) is 0 Å². The van der Waals surface area contributed by atoms with Gasteiger partial charge in [-0.3, -0.25) is 4.79 Å². The Bertz CT molecular complexity index is 1190. The van der Waals surface area contributed by atoms with Crippen molar-refractivity contribution < 1.29 is 18.4 Å². The number of hydrogen-bond acceptors (Lipinski definition) is 5. The Morgan fingerprint density at radius 1 is 1.07 bits per heavy atom. The fourth-order valence-corrected chi connectivity index (χ4v) is 3.24. The Morgan fingerprint density at radius 3 is 2.63 bits per heavy atom. The van der Waals surface area contributed by atoms with E-state index in [4.69, 9.17) is 13.6 Å². The highest BCUT2D eigenvalue weighted by Crippen LogP contribution is 2.23. The molecule has 1 amide bonds. The number of rotatable bonds is 7. The number of nitrogens with one attached hydrogen (secondary N) is 1. The summed E-state index contributed by atoms with van der Waals surface area (Å²) in [5, 5.41) is 3.73. The van der Waals surface area contributed by atoms with E-state index < -0.39 is 5.63 Å². The Hall–Kier alpha value is -3.80. The van der Waals surface area contributed by atoms with Crippen molar-refractivity contribution in [3.63, 3.8) is 0 Å². The highest BCUT2D eigenvalue weighted by atomic mass is 16.5. The average molecular weight is 403 g/mol. The van der Waals surface area contributed by atoms with Gasteiger partial charge in [0.15, 0.2) is 6.61 Å². The van der Waals surface area contributed by atoms with Gasteiger partial charge in [0.25, 0.3) is 5.91 Å². The summed E-state index contributed by atoms with van der Waals surface area (Å²) in [5.41, 5.74) is 1.36. The van der Waals surface area contributed by atoms with E-state index in [1.54, 1.807) is 36.6 Å². The van der Waals surface area contributed by atoms with E-state index in [2.05, 4.69) is 5.32 Å². The van der Waals surface area contributed by atoms with E-state index in [1.807, 2.05) is 43.3 Å². The van der Waals surface area contributed by atoms with Gasteiger partial charge < -0.3 is 18.9 Å². The average Bonchev–Trinajstić information content (AvgIpc) is 3.25. The van der Waals surface area contributed by atoms with Crippen molar-refractivity contribution >= 4 is 16.9 Å². The third-order valence-corrected chi connectivity index (χ3v) is 4.67. The normalized spacial score (nSPS) is 11.9. The fourth-order valence-electron chi connectivity index (χ4n) is 3.24. The summed E-state index contributed by atoms with van der Waals surface area (Å²) in [7, 11) is 0. The minimum atomic E-state index is -0.396. The maximum Gasteiger partial charge on any atom is 0.344 e. The van der Waals surface area contributed by atoms with Crippen LogP contribution in [0.3, 0.4) is 0 Å². The molecule has 4 rings (SSSR count). The number of fused-ring (bicyclic) bond motifs is 1. The molecular weight excluding hydrogens is 382 g/mol. The molecule has 0 aliphatic rings. The van der Waals surface area contributed by atoms with Crippen molar-refractivity contribution in [2.45, 2.75) is 19.4 Å². The second-order valence-corrected chi connectivity index (χ2v) is 7.05. The van der Waals surface area contributed by atoms with Crippen LogP contribution in [0.2, 0.25) is 0 Å². The molecule has 2 heterocycles. The quantitative estimate of drug-likeness (QED) is 0.468. The molecule has 152 valence electrons. The zero-order chi connectivity index (χ0) is 20.9. The molecule has 4 aromatic rings. The van der Waals surface area contributed by atoms with E-state index >= 15 is 0 Å². The van der Waals surface area contributed by atoms with Gasteiger partial charge >= 0.3 is 5.63 Å². The van der Waals surface area contributed by atoms with Crippen molar-refractivity contribution in [3.8, 4) is 16.9 Å². The molecule has 0 aliphatic heterocycles. The lowest BCUT2D eigenvalue weighted by molar-refractivity contribution is -0.123. The van der Waals surface area contributed by atoms with Gasteiger partial charge in [-0.15, -0.1) is 0 Å². The van der Waals surface area contributed by atoms with Gasteiger partial charge in [0.2, 0.25) is 0 Å². The first-order valence-electron chi connectivity index (χ1n) is 9.66. The Kier molecular flexibility index (Phi) is 5.66. The standard InChI is InChI=1S/C24H21NO5/c1-16(13-20-6-4-12-28-20)25-23(26)15-29-19-10-8-17(9-11-19)21-14-18-5-2-3-7-22(18)30-24(21)27/h2-12,14,16H,13,15H2,1H3,(H,25,26). The summed E-state index contributed by atoms with van der Waals surface area (Å²) >= 11 is 0. The van der Waals surface area contributed by atoms with Crippen molar-refractivity contribution in [1.82, 2.24) is 5.32 Å². The molecule has 30 heavy (non-hydrogen) atoms. The van der Waals surface area contributed by atoms with E-state index in [0.29, 0.717) is 23.3 Å². The van der Waals surface area contributed by atoms with Gasteiger partial charge in [0.1, 0.15) is 17.1 Å². The maximum atomic E-state index is 12.3. The van der Waals surface area contributed by atoms with Crippen LogP contribution in [0.15, 0.2) is 86.6 Å². The van der Waals surface area contributed by atoms with Gasteiger partial charge in [0.05, 0.1) is 11.8 Å². The number of benzene rings is 2. The molecule has 0 bridgehead atoms. The van der Waals surface area contributed by atoms with Crippen LogP contribution in [0.5, 0.6) is 5.75 Å². The second kappa shape index (κ2) is 8.69. The first-order chi connectivity index (χ1) is 14.6. The molecule has 1 unspecified atom stereocenters. The molecule has 0 spiro atoms. The predicted molar refractivity (Wildman–Crippen MR) is 113 cm³/mol. The topological polar surface area (TPSA) is 81.7 Å². The van der Waals surface area contributed by atoms with E-state index in [1.165, 1.54) is 0 Å². The molecule has 2 aromatic heterocycles. The lowest BCUT2D eigenvalue weighted by atomic mass is 10.1. The molecule has 0 saturated heterocycles. The van der Waals surface area contributed by atoms with E-state index in [-0.39, 0.29) is 18.6 Å². The minimum absolute atomic E-state index is 0.0678. The third-order valence-electron chi connectivity index (χ3n) is 4.67. The molecular formula is C24H21NO5. The Morgan fingerprint density at radius 2 is 1.87 bits per heavy atom. The summed E-state index contributed by atoms with van der Waals surface area (Å²) in [6, 6.07) is 19.8. The van der Waals surface area contributed by atoms with Crippen molar-refractivity contribution in [2.75, 3.05) is 6.61 Å². The molecule has 2 aromatic carbocycles. The van der Waals surface area contributed by atoms with Crippen LogP contribution < -0.4 is 15.7 Å². The number of hydrogen-bond donors (Lipinski definition) is 1. The van der Waals surface area contributed by atoms with Crippen LogP contribution in [0.1, 0.15) is 12.7 Å². The van der Waals surface area contributed by atoms with Gasteiger partial charge in [-0.2, -0.15) is 0 Å². The molecule has 0 fully saturated rings. The van der Waals surface area contributed by atoms with Crippen molar-refractivity contribution in [1.29, 1.82) is 0 Å². The van der Waals surface area contributed by atoms with Crippen LogP contribution in [0.25, 0.3) is 22.1 Å². The SMILES string of the molecule is CC(Cc1ccco1)NC(=O)COc1ccc(-c2cc3ccccc3oc2=O)cc1. The highest BCUT2D eigenvalue weighted by Gasteiger charge is 2.11. The molecule has 1 atom stereocenters. The van der Waals surface area contributed by atoms with Crippen LogP contribution in [-0.4, -0.2) is 18.6 Å². The molecule has 6 nitrogen and oxygen atoms in total. The Balaban J connectivity index is 1.36. The van der Waals surface area contributed by atoms with E-state index in [9.17, 15) is 9.59 Å². The first kappa shape index (κ1) is 19.5. The van der Waals surface area contributed by atoms with Crippen LogP contribution in [-0.2, 0) is 11.2 Å². The molecule has 0 aliphatic carbocycles. The van der Waals surface area contributed by atoms with Crippen LogP contribution in [0, 0.1) is 0 Å². The monoisotopic (exact) mass is 403 g/mol. The molecule has 1 N–H and O–H groups in total.